The molecule has 0 saturated carbocycles. The van der Waals surface area contributed by atoms with E-state index in [0.29, 0.717) is 6.42 Å². The summed E-state index contributed by atoms with van der Waals surface area (Å²) in [5.74, 6) is -1.60. The van der Waals surface area contributed by atoms with Gasteiger partial charge >= 0.3 is 0 Å². The number of hydrogen-bond donors (Lipinski definition) is 1. The number of anilines is 1. The van der Waals surface area contributed by atoms with Crippen molar-refractivity contribution in [1.82, 2.24) is 10.2 Å². The second-order valence-corrected chi connectivity index (χ2v) is 13.7. The van der Waals surface area contributed by atoms with E-state index in [1.807, 2.05) is 51.1 Å². The summed E-state index contributed by atoms with van der Waals surface area (Å²) in [6, 6.07) is 27.0. The Hall–Kier alpha value is -4.02. The quantitative estimate of drug-likeness (QED) is 0.170. The smallest absolute Gasteiger partial charge is 0.264 e. The summed E-state index contributed by atoms with van der Waals surface area (Å²) in [6.07, 6.45) is 0.809. The summed E-state index contributed by atoms with van der Waals surface area (Å²) in [5.41, 5.74) is 2.15. The lowest BCUT2D eigenvalue weighted by atomic mass is 10.0. The van der Waals surface area contributed by atoms with Crippen LogP contribution in [0, 0.1) is 12.7 Å². The van der Waals surface area contributed by atoms with Crippen molar-refractivity contribution >= 4 is 43.5 Å². The number of amides is 2. The summed E-state index contributed by atoms with van der Waals surface area (Å²) in [4.78, 5) is 29.6. The zero-order valence-electron chi connectivity index (χ0n) is 25.5. The molecule has 4 rings (SSSR count). The average Bonchev–Trinajstić information content (AvgIpc) is 3.03. The van der Waals surface area contributed by atoms with E-state index in [2.05, 4.69) is 21.2 Å². The van der Waals surface area contributed by atoms with Crippen molar-refractivity contribution in [2.75, 3.05) is 10.8 Å². The van der Waals surface area contributed by atoms with Gasteiger partial charge in [-0.3, -0.25) is 13.9 Å². The van der Waals surface area contributed by atoms with Crippen LogP contribution in [0.1, 0.15) is 37.0 Å². The number of halogens is 2. The molecule has 0 aliphatic carbocycles. The maximum atomic E-state index is 15.0. The summed E-state index contributed by atoms with van der Waals surface area (Å²) in [7, 11) is -4.23. The Bertz CT molecular complexity index is 1700. The third-order valence-corrected chi connectivity index (χ3v) is 9.89. The fourth-order valence-corrected chi connectivity index (χ4v) is 6.46. The topological polar surface area (TPSA) is 86.8 Å². The first-order valence-corrected chi connectivity index (χ1v) is 16.9. The molecular weight excluding hydrogens is 657 g/mol. The van der Waals surface area contributed by atoms with Crippen LogP contribution in [0.4, 0.5) is 10.1 Å². The summed E-state index contributed by atoms with van der Waals surface area (Å²) in [5, 5.41) is 2.97. The van der Waals surface area contributed by atoms with Crippen molar-refractivity contribution in [2.24, 2.45) is 0 Å². The zero-order valence-corrected chi connectivity index (χ0v) is 27.9. The Kier molecular flexibility index (Phi) is 11.5. The fourth-order valence-electron chi connectivity index (χ4n) is 4.78. The van der Waals surface area contributed by atoms with Gasteiger partial charge in [0.05, 0.1) is 10.6 Å². The van der Waals surface area contributed by atoms with Crippen LogP contribution in [0.3, 0.4) is 0 Å². The number of nitrogens with zero attached hydrogens (tertiary/aromatic N) is 2. The molecular formula is C35H37BrFN3O4S. The minimum absolute atomic E-state index is 0.0137. The van der Waals surface area contributed by atoms with E-state index in [4.69, 9.17) is 0 Å². The van der Waals surface area contributed by atoms with Crippen LogP contribution in [0.15, 0.2) is 112 Å². The molecule has 7 nitrogen and oxygen atoms in total. The lowest BCUT2D eigenvalue weighted by molar-refractivity contribution is -0.140. The van der Waals surface area contributed by atoms with E-state index in [9.17, 15) is 18.0 Å². The molecule has 1 N–H and O–H groups in total. The van der Waals surface area contributed by atoms with Crippen LogP contribution in [-0.2, 0) is 32.6 Å². The number of rotatable bonds is 13. The van der Waals surface area contributed by atoms with Gasteiger partial charge in [0.15, 0.2) is 0 Å². The molecule has 0 unspecified atom stereocenters. The second-order valence-electron chi connectivity index (χ2n) is 10.9. The molecule has 0 radical (unpaired) electrons. The van der Waals surface area contributed by atoms with Crippen molar-refractivity contribution in [1.29, 1.82) is 0 Å². The maximum Gasteiger partial charge on any atom is 0.264 e. The van der Waals surface area contributed by atoms with E-state index < -0.39 is 40.2 Å². The van der Waals surface area contributed by atoms with Gasteiger partial charge < -0.3 is 10.2 Å². The highest BCUT2D eigenvalue weighted by Crippen LogP contribution is 2.27. The fraction of sp³-hybridized carbons (Fsp3) is 0.257. The largest absolute Gasteiger partial charge is 0.352 e. The normalized spacial score (nSPS) is 12.6. The second kappa shape index (κ2) is 15.3. The van der Waals surface area contributed by atoms with E-state index in [-0.39, 0.29) is 35.2 Å². The Balaban J connectivity index is 1.81. The Morgan fingerprint density at radius 2 is 1.51 bits per heavy atom. The zero-order chi connectivity index (χ0) is 32.6. The van der Waals surface area contributed by atoms with Gasteiger partial charge in [-0.1, -0.05) is 89.1 Å². The van der Waals surface area contributed by atoms with Crippen LogP contribution >= 0.6 is 15.9 Å². The number of aryl methyl sites for hydroxylation is 1. The molecule has 0 bridgehead atoms. The van der Waals surface area contributed by atoms with E-state index in [0.717, 1.165) is 19.9 Å². The molecule has 0 saturated heterocycles. The number of sulfonamides is 1. The van der Waals surface area contributed by atoms with Gasteiger partial charge in [0, 0.05) is 29.0 Å². The minimum Gasteiger partial charge on any atom is -0.352 e. The monoisotopic (exact) mass is 693 g/mol. The molecule has 4 aromatic rings. The molecule has 45 heavy (non-hydrogen) atoms. The highest BCUT2D eigenvalue weighted by Gasteiger charge is 2.35. The number of carbonyl (C=O) groups is 2. The summed E-state index contributed by atoms with van der Waals surface area (Å²) in [6.45, 7) is 4.80. The van der Waals surface area contributed by atoms with Gasteiger partial charge in [0.25, 0.3) is 10.0 Å². The Morgan fingerprint density at radius 3 is 2.13 bits per heavy atom. The molecule has 0 fully saturated rings. The molecule has 236 valence electrons. The number of hydrogen-bond acceptors (Lipinski definition) is 4. The first-order chi connectivity index (χ1) is 21.5. The van der Waals surface area contributed by atoms with Crippen molar-refractivity contribution in [3.05, 3.63) is 130 Å². The summed E-state index contributed by atoms with van der Waals surface area (Å²) >= 11 is 3.38. The van der Waals surface area contributed by atoms with E-state index in [1.165, 1.54) is 23.1 Å². The van der Waals surface area contributed by atoms with Crippen LogP contribution in [0.2, 0.25) is 0 Å². The first kappa shape index (κ1) is 33.9. The maximum absolute atomic E-state index is 15.0. The Morgan fingerprint density at radius 1 is 0.889 bits per heavy atom. The van der Waals surface area contributed by atoms with Crippen molar-refractivity contribution < 1.29 is 22.4 Å². The van der Waals surface area contributed by atoms with Gasteiger partial charge in [0.2, 0.25) is 11.8 Å². The predicted molar refractivity (Wildman–Crippen MR) is 179 cm³/mol. The standard InChI is InChI=1S/C35H37BrFN3O4S/c1-4-26(3)38-35(42)33(22-27-10-6-5-7-11-27)39(23-28-12-8-9-13-32(28)37)34(41)24-40(30-18-16-29(36)17-19-30)45(43,44)31-20-14-25(2)15-21-31/h5-21,26,33H,4,22-24H2,1-3H3,(H,38,42)/t26-,33+/m1/s1. The van der Waals surface area contributed by atoms with Crippen LogP contribution in [0.5, 0.6) is 0 Å². The lowest BCUT2D eigenvalue weighted by Gasteiger charge is -2.34. The van der Waals surface area contributed by atoms with Crippen molar-refractivity contribution in [3.8, 4) is 0 Å². The molecule has 0 aromatic heterocycles. The van der Waals surface area contributed by atoms with Crippen molar-refractivity contribution in [3.63, 3.8) is 0 Å². The molecule has 4 aromatic carbocycles. The molecule has 10 heteroatoms. The van der Waals surface area contributed by atoms with Gasteiger partial charge in [0.1, 0.15) is 18.4 Å². The molecule has 0 heterocycles. The minimum atomic E-state index is -4.23. The van der Waals surface area contributed by atoms with Gasteiger partial charge in [-0.25, -0.2) is 12.8 Å². The molecule has 0 spiro atoms. The predicted octanol–water partition coefficient (Wildman–Crippen LogP) is 6.65. The SMILES string of the molecule is CC[C@@H](C)NC(=O)[C@H](Cc1ccccc1)N(Cc1ccccc1F)C(=O)CN(c1ccc(Br)cc1)S(=O)(=O)c1ccc(C)cc1. The van der Waals surface area contributed by atoms with E-state index >= 15 is 4.39 Å². The van der Waals surface area contributed by atoms with Gasteiger partial charge in [-0.15, -0.1) is 0 Å². The van der Waals surface area contributed by atoms with Crippen LogP contribution in [0.25, 0.3) is 0 Å². The van der Waals surface area contributed by atoms with Crippen molar-refractivity contribution in [2.45, 2.75) is 57.1 Å². The van der Waals surface area contributed by atoms with E-state index in [1.54, 1.807) is 54.6 Å². The number of carbonyl (C=O) groups excluding carboxylic acids is 2. The first-order valence-electron chi connectivity index (χ1n) is 14.7. The molecule has 0 aliphatic rings. The van der Waals surface area contributed by atoms with Crippen LogP contribution < -0.4 is 9.62 Å². The van der Waals surface area contributed by atoms with Crippen LogP contribution in [-0.4, -0.2) is 43.8 Å². The molecule has 0 aliphatic heterocycles. The van der Waals surface area contributed by atoms with Gasteiger partial charge in [-0.2, -0.15) is 0 Å². The highest BCUT2D eigenvalue weighted by molar-refractivity contribution is 9.10. The average molecular weight is 695 g/mol. The molecule has 2 atom stereocenters. The molecule has 2 amide bonds. The Labute approximate surface area is 273 Å². The lowest BCUT2D eigenvalue weighted by Crippen LogP contribution is -2.54. The highest BCUT2D eigenvalue weighted by atomic mass is 79.9. The third-order valence-electron chi connectivity index (χ3n) is 7.57. The number of benzene rings is 4. The summed E-state index contributed by atoms with van der Waals surface area (Å²) < 4.78 is 45.0. The number of nitrogens with one attached hydrogen (secondary N) is 1. The van der Waals surface area contributed by atoms with Gasteiger partial charge in [-0.05, 0) is 68.3 Å². The third kappa shape index (κ3) is 8.79.